The van der Waals surface area contributed by atoms with E-state index in [0.29, 0.717) is 18.8 Å². The summed E-state index contributed by atoms with van der Waals surface area (Å²) in [6, 6.07) is 10.2. The molecule has 5 nitrogen and oxygen atoms in total. The standard InChI is InChI=1S/C17H20N2O3S2/c1-3-10-19(12-15-5-4-11-23-15)13-17(20)18-14-6-8-16(9-7-14)24(2,21)22/h3-9,11H,1,10,12-13H2,2H3,(H,18,20). The molecule has 1 aromatic carbocycles. The number of carbonyl (C=O) groups excluding carboxylic acids is 1. The van der Waals surface area contributed by atoms with Crippen molar-refractivity contribution in [2.45, 2.75) is 11.4 Å². The molecule has 2 rings (SSSR count). The first kappa shape index (κ1) is 18.4. The van der Waals surface area contributed by atoms with Crippen molar-refractivity contribution in [3.05, 3.63) is 59.3 Å². The number of thiophene rings is 1. The SMILES string of the molecule is C=CCN(CC(=O)Nc1ccc(S(C)(=O)=O)cc1)Cc1cccs1. The molecule has 0 aliphatic carbocycles. The largest absolute Gasteiger partial charge is 0.325 e. The van der Waals surface area contributed by atoms with Gasteiger partial charge in [0.25, 0.3) is 0 Å². The monoisotopic (exact) mass is 364 g/mol. The number of rotatable bonds is 8. The van der Waals surface area contributed by atoms with E-state index < -0.39 is 9.84 Å². The lowest BCUT2D eigenvalue weighted by molar-refractivity contribution is -0.117. The van der Waals surface area contributed by atoms with Gasteiger partial charge < -0.3 is 5.32 Å². The van der Waals surface area contributed by atoms with Crippen molar-refractivity contribution in [1.82, 2.24) is 4.90 Å². The highest BCUT2D eigenvalue weighted by atomic mass is 32.2. The molecule has 128 valence electrons. The number of benzene rings is 1. The van der Waals surface area contributed by atoms with E-state index >= 15 is 0 Å². The molecule has 0 fully saturated rings. The molecular formula is C17H20N2O3S2. The van der Waals surface area contributed by atoms with Gasteiger partial charge in [0.1, 0.15) is 0 Å². The fourth-order valence-electron chi connectivity index (χ4n) is 2.18. The van der Waals surface area contributed by atoms with E-state index in [1.165, 1.54) is 17.0 Å². The number of anilines is 1. The second kappa shape index (κ2) is 8.23. The molecular weight excluding hydrogens is 344 g/mol. The molecule has 2 aromatic rings. The van der Waals surface area contributed by atoms with E-state index in [1.54, 1.807) is 29.5 Å². The van der Waals surface area contributed by atoms with Gasteiger partial charge in [-0.2, -0.15) is 0 Å². The Labute approximate surface area is 146 Å². The van der Waals surface area contributed by atoms with Crippen LogP contribution in [-0.4, -0.2) is 38.6 Å². The van der Waals surface area contributed by atoms with Crippen LogP contribution in [0.1, 0.15) is 4.88 Å². The van der Waals surface area contributed by atoms with Crippen molar-refractivity contribution in [3.63, 3.8) is 0 Å². The first-order valence-electron chi connectivity index (χ1n) is 7.34. The Balaban J connectivity index is 1.96. The number of nitrogens with one attached hydrogen (secondary N) is 1. The van der Waals surface area contributed by atoms with Crippen LogP contribution in [0, 0.1) is 0 Å². The second-order valence-corrected chi connectivity index (χ2v) is 8.43. The summed E-state index contributed by atoms with van der Waals surface area (Å²) >= 11 is 1.65. The lowest BCUT2D eigenvalue weighted by Crippen LogP contribution is -2.32. The topological polar surface area (TPSA) is 66.5 Å². The van der Waals surface area contributed by atoms with Gasteiger partial charge in [-0.3, -0.25) is 9.69 Å². The van der Waals surface area contributed by atoms with Gasteiger partial charge in [-0.1, -0.05) is 12.1 Å². The summed E-state index contributed by atoms with van der Waals surface area (Å²) in [5, 5.41) is 4.79. The van der Waals surface area contributed by atoms with E-state index in [4.69, 9.17) is 0 Å². The Morgan fingerprint density at radius 3 is 2.54 bits per heavy atom. The van der Waals surface area contributed by atoms with E-state index in [9.17, 15) is 13.2 Å². The Bertz CT molecular complexity index is 782. The summed E-state index contributed by atoms with van der Waals surface area (Å²) in [5.74, 6) is -0.152. The molecule has 0 aliphatic heterocycles. The lowest BCUT2D eigenvalue weighted by atomic mass is 10.3. The molecule has 0 spiro atoms. The molecule has 0 bridgehead atoms. The normalized spacial score (nSPS) is 11.4. The minimum atomic E-state index is -3.23. The Kier molecular flexibility index (Phi) is 6.30. The molecule has 0 radical (unpaired) electrons. The maximum absolute atomic E-state index is 12.2. The minimum Gasteiger partial charge on any atom is -0.325 e. The van der Waals surface area contributed by atoms with Gasteiger partial charge in [0.2, 0.25) is 5.91 Å². The third-order valence-corrected chi connectivity index (χ3v) is 5.27. The molecule has 0 unspecified atom stereocenters. The number of hydrogen-bond donors (Lipinski definition) is 1. The predicted molar refractivity (Wildman–Crippen MR) is 98.0 cm³/mol. The van der Waals surface area contributed by atoms with Crippen molar-refractivity contribution in [3.8, 4) is 0 Å². The zero-order valence-corrected chi connectivity index (χ0v) is 15.1. The summed E-state index contributed by atoms with van der Waals surface area (Å²) < 4.78 is 22.9. The summed E-state index contributed by atoms with van der Waals surface area (Å²) in [7, 11) is -3.23. The summed E-state index contributed by atoms with van der Waals surface area (Å²) in [6.07, 6.45) is 2.92. The van der Waals surface area contributed by atoms with Crippen LogP contribution in [0.15, 0.2) is 59.3 Å². The van der Waals surface area contributed by atoms with Crippen LogP contribution in [-0.2, 0) is 21.2 Å². The molecule has 1 aromatic heterocycles. The molecule has 0 saturated heterocycles. The van der Waals surface area contributed by atoms with Crippen LogP contribution >= 0.6 is 11.3 Å². The number of nitrogens with zero attached hydrogens (tertiary/aromatic N) is 1. The van der Waals surface area contributed by atoms with E-state index in [2.05, 4.69) is 11.9 Å². The van der Waals surface area contributed by atoms with Crippen LogP contribution in [0.2, 0.25) is 0 Å². The van der Waals surface area contributed by atoms with Gasteiger partial charge in [0, 0.05) is 29.9 Å². The molecule has 0 saturated carbocycles. The zero-order chi connectivity index (χ0) is 17.6. The fourth-order valence-corrected chi connectivity index (χ4v) is 3.56. The maximum atomic E-state index is 12.2. The van der Waals surface area contributed by atoms with Gasteiger partial charge >= 0.3 is 0 Å². The molecule has 7 heteroatoms. The maximum Gasteiger partial charge on any atom is 0.238 e. The first-order valence-corrected chi connectivity index (χ1v) is 10.1. The van der Waals surface area contributed by atoms with E-state index in [0.717, 1.165) is 6.26 Å². The molecule has 1 heterocycles. The van der Waals surface area contributed by atoms with Crippen LogP contribution in [0.3, 0.4) is 0 Å². The molecule has 24 heavy (non-hydrogen) atoms. The van der Waals surface area contributed by atoms with Crippen LogP contribution in [0.4, 0.5) is 5.69 Å². The zero-order valence-electron chi connectivity index (χ0n) is 13.4. The van der Waals surface area contributed by atoms with Crippen molar-refractivity contribution >= 4 is 32.8 Å². The van der Waals surface area contributed by atoms with Crippen LogP contribution in [0.25, 0.3) is 0 Å². The smallest absolute Gasteiger partial charge is 0.238 e. The van der Waals surface area contributed by atoms with Gasteiger partial charge in [0.15, 0.2) is 9.84 Å². The first-order chi connectivity index (χ1) is 11.4. The summed E-state index contributed by atoms with van der Waals surface area (Å²) in [6.45, 7) is 5.25. The van der Waals surface area contributed by atoms with Crippen molar-refractivity contribution in [2.24, 2.45) is 0 Å². The average molecular weight is 364 g/mol. The highest BCUT2D eigenvalue weighted by Gasteiger charge is 2.12. The van der Waals surface area contributed by atoms with E-state index in [-0.39, 0.29) is 17.3 Å². The fraction of sp³-hybridized carbons (Fsp3) is 0.235. The van der Waals surface area contributed by atoms with Crippen LogP contribution in [0.5, 0.6) is 0 Å². The number of amides is 1. The lowest BCUT2D eigenvalue weighted by Gasteiger charge is -2.19. The van der Waals surface area contributed by atoms with Crippen LogP contribution < -0.4 is 5.32 Å². The van der Waals surface area contributed by atoms with E-state index in [1.807, 2.05) is 22.4 Å². The molecule has 1 N–H and O–H groups in total. The molecule has 0 atom stereocenters. The highest BCUT2D eigenvalue weighted by Crippen LogP contribution is 2.15. The van der Waals surface area contributed by atoms with Gasteiger partial charge in [-0.05, 0) is 35.7 Å². The second-order valence-electron chi connectivity index (χ2n) is 5.38. The van der Waals surface area contributed by atoms with Crippen molar-refractivity contribution in [1.29, 1.82) is 0 Å². The minimum absolute atomic E-state index is 0.152. The number of carbonyl (C=O) groups is 1. The predicted octanol–water partition coefficient (Wildman–Crippen LogP) is 2.78. The van der Waals surface area contributed by atoms with Gasteiger partial charge in [-0.25, -0.2) is 8.42 Å². The Morgan fingerprint density at radius 2 is 2.00 bits per heavy atom. The average Bonchev–Trinajstić information content (AvgIpc) is 3.00. The van der Waals surface area contributed by atoms with Crippen molar-refractivity contribution in [2.75, 3.05) is 24.7 Å². The Hall–Kier alpha value is -1.96. The number of sulfone groups is 1. The summed E-state index contributed by atoms with van der Waals surface area (Å²) in [4.78, 5) is 15.6. The summed E-state index contributed by atoms with van der Waals surface area (Å²) in [5.41, 5.74) is 0.571. The third-order valence-electron chi connectivity index (χ3n) is 3.28. The van der Waals surface area contributed by atoms with Gasteiger partial charge in [-0.15, -0.1) is 17.9 Å². The Morgan fingerprint density at radius 1 is 1.29 bits per heavy atom. The van der Waals surface area contributed by atoms with Gasteiger partial charge in [0.05, 0.1) is 11.4 Å². The number of hydrogen-bond acceptors (Lipinski definition) is 5. The third kappa shape index (κ3) is 5.59. The molecule has 0 aliphatic rings. The highest BCUT2D eigenvalue weighted by molar-refractivity contribution is 7.90. The quantitative estimate of drug-likeness (QED) is 0.732. The molecule has 1 amide bonds. The van der Waals surface area contributed by atoms with Crippen molar-refractivity contribution < 1.29 is 13.2 Å².